The topological polar surface area (TPSA) is 20.2 Å². The van der Waals surface area contributed by atoms with Gasteiger partial charge >= 0.3 is 0 Å². The van der Waals surface area contributed by atoms with Crippen LogP contribution in [0.1, 0.15) is 70.6 Å². The quantitative estimate of drug-likeness (QED) is 0.725. The first kappa shape index (κ1) is 12.0. The summed E-state index contributed by atoms with van der Waals surface area (Å²) < 4.78 is 0. The van der Waals surface area contributed by atoms with Gasteiger partial charge in [0, 0.05) is 0 Å². The van der Waals surface area contributed by atoms with Crippen LogP contribution >= 0.6 is 0 Å². The molecule has 3 saturated carbocycles. The maximum atomic E-state index is 10.5. The standard InChI is InChI=1S/C16H28O/c17-16-11-14-9-5-4-8-13(14)10-15(16)12-6-2-1-3-7-12/h12-17H,1-11H2/t13-,14+,15+,16-/m0/s1. The van der Waals surface area contributed by atoms with Gasteiger partial charge in [-0.2, -0.15) is 0 Å². The molecule has 0 aliphatic heterocycles. The zero-order valence-electron chi connectivity index (χ0n) is 11.1. The number of rotatable bonds is 1. The van der Waals surface area contributed by atoms with Crippen molar-refractivity contribution in [2.24, 2.45) is 23.7 Å². The first-order chi connectivity index (χ1) is 8.34. The monoisotopic (exact) mass is 236 g/mol. The van der Waals surface area contributed by atoms with E-state index in [1.165, 1.54) is 64.2 Å². The average molecular weight is 236 g/mol. The Kier molecular flexibility index (Phi) is 3.75. The Balaban J connectivity index is 1.64. The molecular weight excluding hydrogens is 208 g/mol. The molecule has 0 unspecified atom stereocenters. The highest BCUT2D eigenvalue weighted by Gasteiger charge is 2.40. The summed E-state index contributed by atoms with van der Waals surface area (Å²) in [5, 5.41) is 10.5. The molecule has 1 heteroatoms. The van der Waals surface area contributed by atoms with Crippen LogP contribution in [-0.4, -0.2) is 11.2 Å². The molecule has 1 nitrogen and oxygen atoms in total. The van der Waals surface area contributed by atoms with Gasteiger partial charge in [0.25, 0.3) is 0 Å². The molecule has 0 saturated heterocycles. The van der Waals surface area contributed by atoms with E-state index in [1.54, 1.807) is 0 Å². The van der Waals surface area contributed by atoms with E-state index in [1.807, 2.05) is 0 Å². The van der Waals surface area contributed by atoms with Gasteiger partial charge in [0.2, 0.25) is 0 Å². The molecule has 98 valence electrons. The number of fused-ring (bicyclic) bond motifs is 1. The van der Waals surface area contributed by atoms with Crippen molar-refractivity contribution < 1.29 is 5.11 Å². The summed E-state index contributed by atoms with van der Waals surface area (Å²) in [6, 6.07) is 0. The number of hydrogen-bond acceptors (Lipinski definition) is 1. The molecule has 0 radical (unpaired) electrons. The second kappa shape index (κ2) is 5.30. The summed E-state index contributed by atoms with van der Waals surface area (Å²) in [7, 11) is 0. The summed E-state index contributed by atoms with van der Waals surface area (Å²) in [6.45, 7) is 0. The Bertz CT molecular complexity index is 244. The summed E-state index contributed by atoms with van der Waals surface area (Å²) in [5.74, 6) is 3.37. The van der Waals surface area contributed by atoms with Gasteiger partial charge in [0.05, 0.1) is 6.10 Å². The SMILES string of the molecule is O[C@H]1C[C@H]2CCCC[C@H]2C[C@@H]1C1CCCCC1. The smallest absolute Gasteiger partial charge is 0.0573 e. The Morgan fingerprint density at radius 1 is 0.588 bits per heavy atom. The third kappa shape index (κ3) is 2.54. The van der Waals surface area contributed by atoms with E-state index < -0.39 is 0 Å². The Morgan fingerprint density at radius 2 is 1.12 bits per heavy atom. The van der Waals surface area contributed by atoms with Gasteiger partial charge in [-0.3, -0.25) is 0 Å². The lowest BCUT2D eigenvalue weighted by Gasteiger charge is -2.45. The van der Waals surface area contributed by atoms with E-state index in [2.05, 4.69) is 0 Å². The van der Waals surface area contributed by atoms with Crippen LogP contribution in [-0.2, 0) is 0 Å². The van der Waals surface area contributed by atoms with Gasteiger partial charge in [-0.25, -0.2) is 0 Å². The summed E-state index contributed by atoms with van der Waals surface area (Å²) in [5.41, 5.74) is 0. The van der Waals surface area contributed by atoms with Crippen LogP contribution in [0.4, 0.5) is 0 Å². The van der Waals surface area contributed by atoms with E-state index in [0.717, 1.165) is 24.2 Å². The molecule has 0 heterocycles. The predicted octanol–water partition coefficient (Wildman–Crippen LogP) is 4.14. The molecular formula is C16H28O. The van der Waals surface area contributed by atoms with E-state index in [4.69, 9.17) is 0 Å². The number of aliphatic hydroxyl groups excluding tert-OH is 1. The molecule has 3 rings (SSSR count). The van der Waals surface area contributed by atoms with Gasteiger partial charge in [-0.05, 0) is 36.5 Å². The molecule has 0 bridgehead atoms. The van der Waals surface area contributed by atoms with Crippen molar-refractivity contribution in [2.45, 2.75) is 76.7 Å². The zero-order chi connectivity index (χ0) is 11.7. The highest BCUT2D eigenvalue weighted by Crippen LogP contribution is 2.47. The van der Waals surface area contributed by atoms with Crippen LogP contribution in [0.15, 0.2) is 0 Å². The molecule has 3 aliphatic rings. The fourth-order valence-corrected chi connectivity index (χ4v) is 4.97. The average Bonchev–Trinajstić information content (AvgIpc) is 2.39. The van der Waals surface area contributed by atoms with Crippen LogP contribution in [0.25, 0.3) is 0 Å². The van der Waals surface area contributed by atoms with E-state index >= 15 is 0 Å². The van der Waals surface area contributed by atoms with Crippen molar-refractivity contribution >= 4 is 0 Å². The van der Waals surface area contributed by atoms with E-state index in [0.29, 0.717) is 5.92 Å². The molecule has 0 aromatic carbocycles. The summed E-state index contributed by atoms with van der Waals surface area (Å²) >= 11 is 0. The van der Waals surface area contributed by atoms with E-state index in [-0.39, 0.29) is 6.10 Å². The van der Waals surface area contributed by atoms with Crippen LogP contribution in [0.3, 0.4) is 0 Å². The molecule has 0 amide bonds. The van der Waals surface area contributed by atoms with Crippen molar-refractivity contribution in [3.05, 3.63) is 0 Å². The lowest BCUT2D eigenvalue weighted by molar-refractivity contribution is -0.0314. The molecule has 3 aliphatic carbocycles. The second-order valence-corrected chi connectivity index (χ2v) is 6.91. The molecule has 1 N–H and O–H groups in total. The first-order valence-corrected chi connectivity index (χ1v) is 8.02. The normalized spacial score (nSPS) is 44.3. The highest BCUT2D eigenvalue weighted by molar-refractivity contribution is 4.91. The number of aliphatic hydroxyl groups is 1. The van der Waals surface area contributed by atoms with Crippen LogP contribution in [0, 0.1) is 23.7 Å². The third-order valence-electron chi connectivity index (χ3n) is 5.94. The molecule has 17 heavy (non-hydrogen) atoms. The molecule has 0 aromatic rings. The Labute approximate surface area is 106 Å². The maximum Gasteiger partial charge on any atom is 0.0573 e. The van der Waals surface area contributed by atoms with Gasteiger partial charge in [-0.1, -0.05) is 57.8 Å². The van der Waals surface area contributed by atoms with Crippen molar-refractivity contribution in [3.63, 3.8) is 0 Å². The Morgan fingerprint density at radius 3 is 1.82 bits per heavy atom. The van der Waals surface area contributed by atoms with Crippen LogP contribution in [0.5, 0.6) is 0 Å². The predicted molar refractivity (Wildman–Crippen MR) is 70.8 cm³/mol. The lowest BCUT2D eigenvalue weighted by atomic mass is 9.62. The van der Waals surface area contributed by atoms with Gasteiger partial charge in [0.15, 0.2) is 0 Å². The van der Waals surface area contributed by atoms with Gasteiger partial charge in [-0.15, -0.1) is 0 Å². The van der Waals surface area contributed by atoms with E-state index in [9.17, 15) is 5.11 Å². The zero-order valence-corrected chi connectivity index (χ0v) is 11.1. The van der Waals surface area contributed by atoms with Crippen molar-refractivity contribution in [3.8, 4) is 0 Å². The maximum absolute atomic E-state index is 10.5. The van der Waals surface area contributed by atoms with Crippen molar-refractivity contribution in [1.82, 2.24) is 0 Å². The molecule has 0 spiro atoms. The molecule has 4 atom stereocenters. The summed E-state index contributed by atoms with van der Waals surface area (Å²) in [6.07, 6.45) is 15.3. The number of hydrogen-bond donors (Lipinski definition) is 1. The van der Waals surface area contributed by atoms with Crippen LogP contribution < -0.4 is 0 Å². The van der Waals surface area contributed by atoms with Crippen LogP contribution in [0.2, 0.25) is 0 Å². The van der Waals surface area contributed by atoms with Crippen molar-refractivity contribution in [2.75, 3.05) is 0 Å². The minimum Gasteiger partial charge on any atom is -0.393 e. The largest absolute Gasteiger partial charge is 0.393 e. The lowest BCUT2D eigenvalue weighted by Crippen LogP contribution is -2.40. The Hall–Kier alpha value is -0.0400. The minimum atomic E-state index is 0.0393. The fourth-order valence-electron chi connectivity index (χ4n) is 4.97. The van der Waals surface area contributed by atoms with Gasteiger partial charge in [0.1, 0.15) is 0 Å². The third-order valence-corrected chi connectivity index (χ3v) is 5.94. The molecule has 0 aromatic heterocycles. The van der Waals surface area contributed by atoms with Crippen molar-refractivity contribution in [1.29, 1.82) is 0 Å². The van der Waals surface area contributed by atoms with Gasteiger partial charge < -0.3 is 5.11 Å². The highest BCUT2D eigenvalue weighted by atomic mass is 16.3. The minimum absolute atomic E-state index is 0.0393. The molecule has 3 fully saturated rings. The summed E-state index contributed by atoms with van der Waals surface area (Å²) in [4.78, 5) is 0. The fraction of sp³-hybridized carbons (Fsp3) is 1.00. The first-order valence-electron chi connectivity index (χ1n) is 8.02. The second-order valence-electron chi connectivity index (χ2n) is 6.91.